The molecule has 0 aliphatic heterocycles. The molecule has 1 aliphatic rings. The Morgan fingerprint density at radius 2 is 1.77 bits per heavy atom. The van der Waals surface area contributed by atoms with Crippen molar-refractivity contribution in [3.05, 3.63) is 58.6 Å². The molecular weight excluding hydrogens is 549 g/mol. The Hall–Kier alpha value is -3.19. The fourth-order valence-corrected chi connectivity index (χ4v) is 5.71. The molecule has 3 N–H and O–H groups in total. The zero-order chi connectivity index (χ0) is 24.9. The van der Waals surface area contributed by atoms with Crippen molar-refractivity contribution in [1.82, 2.24) is 19.7 Å². The van der Waals surface area contributed by atoms with Crippen molar-refractivity contribution in [3.8, 4) is 11.3 Å². The normalized spacial score (nSPS) is 14.6. The van der Waals surface area contributed by atoms with E-state index in [1.165, 1.54) is 18.5 Å². The smallest absolute Gasteiger partial charge is 0.265 e. The Kier molecular flexibility index (Phi) is 5.91. The van der Waals surface area contributed by atoms with E-state index in [0.717, 1.165) is 31.7 Å². The molecule has 5 rings (SSSR count). The number of fused-ring (bicyclic) bond motifs is 1. The molecule has 1 fully saturated rings. The van der Waals surface area contributed by atoms with E-state index in [1.54, 1.807) is 4.68 Å². The number of sulfonamides is 1. The summed E-state index contributed by atoms with van der Waals surface area (Å²) in [5.41, 5.74) is 6.88. The molecule has 0 bridgehead atoms. The third-order valence-corrected chi connectivity index (χ3v) is 7.93. The van der Waals surface area contributed by atoms with Crippen molar-refractivity contribution in [2.45, 2.75) is 36.6 Å². The first-order valence-electron chi connectivity index (χ1n) is 10.6. The van der Waals surface area contributed by atoms with Crippen LogP contribution >= 0.6 is 15.9 Å². The zero-order valence-electron chi connectivity index (χ0n) is 18.0. The van der Waals surface area contributed by atoms with Gasteiger partial charge in [-0.05, 0) is 53.0 Å². The molecule has 0 spiro atoms. The van der Waals surface area contributed by atoms with Crippen LogP contribution in [0.4, 0.5) is 24.7 Å². The van der Waals surface area contributed by atoms with Crippen molar-refractivity contribution < 1.29 is 21.6 Å². The average Bonchev–Trinajstić information content (AvgIpc) is 3.46. The largest absolute Gasteiger partial charge is 0.383 e. The molecule has 35 heavy (non-hydrogen) atoms. The maximum absolute atomic E-state index is 15.0. The molecule has 0 atom stereocenters. The minimum atomic E-state index is -4.62. The van der Waals surface area contributed by atoms with Gasteiger partial charge in [-0.15, -0.1) is 0 Å². The summed E-state index contributed by atoms with van der Waals surface area (Å²) < 4.78 is 71.8. The predicted molar refractivity (Wildman–Crippen MR) is 128 cm³/mol. The van der Waals surface area contributed by atoms with E-state index in [2.05, 4.69) is 31.0 Å². The van der Waals surface area contributed by atoms with Crippen LogP contribution in [0.15, 0.2) is 46.0 Å². The summed E-state index contributed by atoms with van der Waals surface area (Å²) in [5.74, 6) is -2.93. The van der Waals surface area contributed by atoms with Crippen LogP contribution in [0.3, 0.4) is 0 Å². The third kappa shape index (κ3) is 4.22. The first-order chi connectivity index (χ1) is 16.7. The van der Waals surface area contributed by atoms with E-state index in [1.807, 2.05) is 4.72 Å². The van der Waals surface area contributed by atoms with Gasteiger partial charge in [0.25, 0.3) is 10.0 Å². The number of nitrogens with zero attached hydrogens (tertiary/aromatic N) is 4. The maximum atomic E-state index is 15.0. The highest BCUT2D eigenvalue weighted by Crippen LogP contribution is 2.37. The Bertz CT molecular complexity index is 1570. The van der Waals surface area contributed by atoms with Crippen molar-refractivity contribution in [2.75, 3.05) is 10.5 Å². The molecule has 0 radical (unpaired) electrons. The maximum Gasteiger partial charge on any atom is 0.265 e. The molecule has 8 nitrogen and oxygen atoms in total. The van der Waals surface area contributed by atoms with Crippen molar-refractivity contribution in [1.29, 1.82) is 0 Å². The van der Waals surface area contributed by atoms with E-state index >= 15 is 4.39 Å². The number of benzene rings is 2. The zero-order valence-corrected chi connectivity index (χ0v) is 20.4. The number of hydrogen-bond acceptors (Lipinski definition) is 6. The molecule has 0 amide bonds. The van der Waals surface area contributed by atoms with Crippen LogP contribution in [0.5, 0.6) is 0 Å². The van der Waals surface area contributed by atoms with E-state index in [0.29, 0.717) is 34.4 Å². The molecule has 4 aromatic rings. The molecule has 2 aromatic heterocycles. The number of anilines is 2. The fourth-order valence-electron chi connectivity index (χ4n) is 4.26. The minimum absolute atomic E-state index is 0.137. The second-order valence-corrected chi connectivity index (χ2v) is 10.7. The van der Waals surface area contributed by atoms with Gasteiger partial charge in [0, 0.05) is 5.56 Å². The lowest BCUT2D eigenvalue weighted by molar-refractivity contribution is 0.479. The van der Waals surface area contributed by atoms with E-state index in [4.69, 9.17) is 5.73 Å². The van der Waals surface area contributed by atoms with Gasteiger partial charge in [0.15, 0.2) is 5.65 Å². The number of rotatable bonds is 5. The number of hydrogen-bond donors (Lipinski definition) is 2. The first kappa shape index (κ1) is 23.5. The predicted octanol–water partition coefficient (Wildman–Crippen LogP) is 5.17. The van der Waals surface area contributed by atoms with Gasteiger partial charge in [-0.1, -0.05) is 18.9 Å². The molecule has 2 heterocycles. The van der Waals surface area contributed by atoms with Crippen LogP contribution < -0.4 is 10.5 Å². The van der Waals surface area contributed by atoms with Gasteiger partial charge in [0.1, 0.15) is 40.2 Å². The van der Waals surface area contributed by atoms with Gasteiger partial charge in [-0.2, -0.15) is 5.10 Å². The van der Waals surface area contributed by atoms with Crippen molar-refractivity contribution in [3.63, 3.8) is 0 Å². The van der Waals surface area contributed by atoms with E-state index < -0.39 is 38.1 Å². The molecule has 0 unspecified atom stereocenters. The summed E-state index contributed by atoms with van der Waals surface area (Å²) in [7, 11) is -4.62. The summed E-state index contributed by atoms with van der Waals surface area (Å²) in [4.78, 5) is 7.42. The van der Waals surface area contributed by atoms with E-state index in [-0.39, 0.29) is 16.3 Å². The highest BCUT2D eigenvalue weighted by Gasteiger charge is 2.26. The van der Waals surface area contributed by atoms with Crippen LogP contribution in [-0.4, -0.2) is 28.2 Å². The molecule has 2 aromatic carbocycles. The Labute approximate surface area is 206 Å². The fraction of sp³-hybridized carbons (Fsp3) is 0.227. The van der Waals surface area contributed by atoms with Crippen LogP contribution in [-0.2, 0) is 10.0 Å². The Morgan fingerprint density at radius 1 is 1.03 bits per heavy atom. The lowest BCUT2D eigenvalue weighted by Crippen LogP contribution is -2.16. The monoisotopic (exact) mass is 566 g/mol. The Balaban J connectivity index is 1.53. The van der Waals surface area contributed by atoms with Crippen molar-refractivity contribution >= 4 is 48.5 Å². The van der Waals surface area contributed by atoms with E-state index in [9.17, 15) is 17.2 Å². The number of nitrogens with one attached hydrogen (secondary N) is 1. The van der Waals surface area contributed by atoms with Crippen LogP contribution in [0.1, 0.15) is 31.7 Å². The first-order valence-corrected chi connectivity index (χ1v) is 12.9. The second-order valence-electron chi connectivity index (χ2n) is 8.19. The number of nitrogens with two attached hydrogens (primary N) is 1. The molecule has 13 heteroatoms. The van der Waals surface area contributed by atoms with Crippen LogP contribution in [0.25, 0.3) is 22.3 Å². The van der Waals surface area contributed by atoms with Gasteiger partial charge in [0.05, 0.1) is 21.6 Å². The minimum Gasteiger partial charge on any atom is -0.383 e. The Morgan fingerprint density at radius 3 is 2.49 bits per heavy atom. The number of aromatic nitrogens is 4. The summed E-state index contributed by atoms with van der Waals surface area (Å²) in [6.45, 7) is 0. The third-order valence-electron chi connectivity index (χ3n) is 5.94. The highest BCUT2D eigenvalue weighted by atomic mass is 79.9. The summed E-state index contributed by atoms with van der Waals surface area (Å²) in [6, 6.07) is 5.05. The number of halogens is 4. The molecule has 1 aliphatic carbocycles. The van der Waals surface area contributed by atoms with Crippen LogP contribution in [0, 0.1) is 17.5 Å². The van der Waals surface area contributed by atoms with Gasteiger partial charge < -0.3 is 5.73 Å². The lowest BCUT2D eigenvalue weighted by atomic mass is 10.1. The molecule has 0 saturated heterocycles. The molecule has 182 valence electrons. The average molecular weight is 567 g/mol. The van der Waals surface area contributed by atoms with Gasteiger partial charge in [0.2, 0.25) is 0 Å². The molecular formula is C22H18BrF3N6O2S. The summed E-state index contributed by atoms with van der Waals surface area (Å²) >= 11 is 2.79. The van der Waals surface area contributed by atoms with Gasteiger partial charge in [-0.3, -0.25) is 4.72 Å². The van der Waals surface area contributed by atoms with Crippen LogP contribution in [0.2, 0.25) is 0 Å². The standard InChI is InChI=1S/C22H18BrF3N6O2S/c23-13-8-16(26)18(9-14(13)24)35(33,34)31-17-6-5-11(7-15(17)25)20-19-21(27)28-10-29-22(19)32(30-20)12-3-1-2-4-12/h5-10,12,31H,1-4H2,(H2,27,28,29). The summed E-state index contributed by atoms with van der Waals surface area (Å²) in [6.07, 6.45) is 5.34. The van der Waals surface area contributed by atoms with Crippen molar-refractivity contribution in [2.24, 2.45) is 0 Å². The van der Waals surface area contributed by atoms with Gasteiger partial charge >= 0.3 is 0 Å². The second kappa shape index (κ2) is 8.79. The topological polar surface area (TPSA) is 116 Å². The highest BCUT2D eigenvalue weighted by molar-refractivity contribution is 9.10. The van der Waals surface area contributed by atoms with Gasteiger partial charge in [-0.25, -0.2) is 36.2 Å². The number of nitrogen functional groups attached to an aromatic ring is 1. The quantitative estimate of drug-likeness (QED) is 0.322. The lowest BCUT2D eigenvalue weighted by Gasteiger charge is -2.11. The molecule has 1 saturated carbocycles. The SMILES string of the molecule is Nc1ncnc2c1c(-c1ccc(NS(=O)(=O)c3cc(F)c(Br)cc3F)c(F)c1)nn2C1CCCC1. The summed E-state index contributed by atoms with van der Waals surface area (Å²) in [5, 5.41) is 5.13.